The minimum atomic E-state index is 0.328. The molecule has 2 aromatic heterocycles. The molecule has 0 atom stereocenters. The summed E-state index contributed by atoms with van der Waals surface area (Å²) < 4.78 is 5.90. The van der Waals surface area contributed by atoms with Crippen LogP contribution < -0.4 is 5.36 Å². The fourth-order valence-corrected chi connectivity index (χ4v) is 2.74. The SMILES string of the molecule is N#Cc1nc(-c2cc(=NO)c3ccccc3o2)cc2ccccc12. The van der Waals surface area contributed by atoms with Crippen LogP contribution in [-0.2, 0) is 0 Å². The molecule has 4 rings (SSSR count). The fraction of sp³-hybridized carbons (Fsp3) is 0. The van der Waals surface area contributed by atoms with Gasteiger partial charge in [0.25, 0.3) is 0 Å². The predicted molar refractivity (Wildman–Crippen MR) is 89.0 cm³/mol. The van der Waals surface area contributed by atoms with Crippen LogP contribution in [0.3, 0.4) is 0 Å². The Bertz CT molecular complexity index is 1190. The molecule has 0 unspecified atom stereocenters. The number of aromatic nitrogens is 1. The largest absolute Gasteiger partial charge is 0.454 e. The molecule has 114 valence electrons. The first-order valence-electron chi connectivity index (χ1n) is 7.31. The quantitative estimate of drug-likeness (QED) is 0.428. The Kier molecular flexibility index (Phi) is 3.22. The molecular weight excluding hydrogens is 302 g/mol. The van der Waals surface area contributed by atoms with Crippen molar-refractivity contribution in [1.82, 2.24) is 4.98 Å². The highest BCUT2D eigenvalue weighted by Gasteiger charge is 2.11. The lowest BCUT2D eigenvalue weighted by molar-refractivity contribution is 0.302. The third-order valence-corrected chi connectivity index (χ3v) is 3.86. The minimum absolute atomic E-state index is 0.328. The van der Waals surface area contributed by atoms with Gasteiger partial charge in [0.2, 0.25) is 0 Å². The second-order valence-electron chi connectivity index (χ2n) is 5.28. The summed E-state index contributed by atoms with van der Waals surface area (Å²) in [6.07, 6.45) is 0. The summed E-state index contributed by atoms with van der Waals surface area (Å²) in [6, 6.07) is 20.4. The molecule has 0 aliphatic heterocycles. The van der Waals surface area contributed by atoms with Crippen LogP contribution in [0.4, 0.5) is 0 Å². The van der Waals surface area contributed by atoms with Crippen LogP contribution in [0.1, 0.15) is 5.69 Å². The van der Waals surface area contributed by atoms with E-state index in [9.17, 15) is 10.5 Å². The monoisotopic (exact) mass is 313 g/mol. The lowest BCUT2D eigenvalue weighted by Gasteiger charge is -2.06. The van der Waals surface area contributed by atoms with E-state index in [1.807, 2.05) is 48.5 Å². The maximum Gasteiger partial charge on any atom is 0.155 e. The van der Waals surface area contributed by atoms with E-state index >= 15 is 0 Å². The maximum atomic E-state index is 9.38. The third-order valence-electron chi connectivity index (χ3n) is 3.86. The molecule has 0 amide bonds. The summed E-state index contributed by atoms with van der Waals surface area (Å²) in [4.78, 5) is 4.39. The van der Waals surface area contributed by atoms with Gasteiger partial charge in [-0.05, 0) is 23.6 Å². The van der Waals surface area contributed by atoms with E-state index in [-0.39, 0.29) is 0 Å². The Morgan fingerprint density at radius 1 is 1.00 bits per heavy atom. The molecule has 5 nitrogen and oxygen atoms in total. The molecule has 0 bridgehead atoms. The summed E-state index contributed by atoms with van der Waals surface area (Å²) in [6.45, 7) is 0. The molecule has 2 aromatic carbocycles. The average Bonchev–Trinajstić information content (AvgIpc) is 2.66. The van der Waals surface area contributed by atoms with Crippen molar-refractivity contribution in [3.63, 3.8) is 0 Å². The van der Waals surface area contributed by atoms with E-state index < -0.39 is 0 Å². The van der Waals surface area contributed by atoms with Crippen LogP contribution in [0.15, 0.2) is 70.2 Å². The van der Waals surface area contributed by atoms with Gasteiger partial charge in [0, 0.05) is 16.8 Å². The zero-order chi connectivity index (χ0) is 16.5. The van der Waals surface area contributed by atoms with Gasteiger partial charge in [-0.15, -0.1) is 0 Å². The second kappa shape index (κ2) is 5.52. The van der Waals surface area contributed by atoms with Gasteiger partial charge in [0.05, 0.1) is 0 Å². The summed E-state index contributed by atoms with van der Waals surface area (Å²) in [5, 5.41) is 24.8. The summed E-state index contributed by atoms with van der Waals surface area (Å²) in [5.74, 6) is 0.434. The van der Waals surface area contributed by atoms with Gasteiger partial charge in [-0.3, -0.25) is 0 Å². The molecule has 2 heterocycles. The number of nitrogens with zero attached hydrogens (tertiary/aromatic N) is 3. The van der Waals surface area contributed by atoms with Crippen molar-refractivity contribution in [2.45, 2.75) is 0 Å². The van der Waals surface area contributed by atoms with E-state index in [0.717, 1.165) is 10.8 Å². The Morgan fingerprint density at radius 3 is 2.54 bits per heavy atom. The van der Waals surface area contributed by atoms with Gasteiger partial charge in [0.1, 0.15) is 28.4 Å². The van der Waals surface area contributed by atoms with Crippen molar-refractivity contribution in [1.29, 1.82) is 5.26 Å². The van der Waals surface area contributed by atoms with Crippen LogP contribution >= 0.6 is 0 Å². The summed E-state index contributed by atoms with van der Waals surface area (Å²) >= 11 is 0. The molecule has 0 saturated heterocycles. The molecule has 0 aliphatic carbocycles. The van der Waals surface area contributed by atoms with Crippen LogP contribution in [0.25, 0.3) is 33.2 Å². The number of benzene rings is 2. The number of para-hydroxylation sites is 1. The van der Waals surface area contributed by atoms with Crippen LogP contribution in [-0.4, -0.2) is 10.2 Å². The van der Waals surface area contributed by atoms with Gasteiger partial charge in [-0.2, -0.15) is 5.26 Å². The van der Waals surface area contributed by atoms with Gasteiger partial charge >= 0.3 is 0 Å². The molecule has 0 spiro atoms. The van der Waals surface area contributed by atoms with Crippen LogP contribution in [0.2, 0.25) is 0 Å². The van der Waals surface area contributed by atoms with Crippen molar-refractivity contribution in [3.8, 4) is 17.5 Å². The average molecular weight is 313 g/mol. The minimum Gasteiger partial charge on any atom is -0.454 e. The zero-order valence-electron chi connectivity index (χ0n) is 12.5. The summed E-state index contributed by atoms with van der Waals surface area (Å²) in [5.41, 5.74) is 1.42. The summed E-state index contributed by atoms with van der Waals surface area (Å²) in [7, 11) is 0. The molecule has 4 aromatic rings. The number of pyridine rings is 1. The third kappa shape index (κ3) is 2.18. The first-order chi connectivity index (χ1) is 11.8. The van der Waals surface area contributed by atoms with E-state index in [4.69, 9.17) is 4.42 Å². The predicted octanol–water partition coefficient (Wildman–Crippen LogP) is 3.81. The van der Waals surface area contributed by atoms with Gasteiger partial charge in [-0.25, -0.2) is 4.98 Å². The van der Waals surface area contributed by atoms with Crippen molar-refractivity contribution in [3.05, 3.63) is 71.7 Å². The number of nitriles is 1. The molecule has 0 radical (unpaired) electrons. The molecule has 0 aliphatic rings. The first-order valence-corrected chi connectivity index (χ1v) is 7.31. The lowest BCUT2D eigenvalue weighted by atomic mass is 10.1. The number of fused-ring (bicyclic) bond motifs is 2. The van der Waals surface area contributed by atoms with Crippen LogP contribution in [0.5, 0.6) is 0 Å². The molecule has 5 heteroatoms. The lowest BCUT2D eigenvalue weighted by Crippen LogP contribution is -2.03. The van der Waals surface area contributed by atoms with Gasteiger partial charge in [-0.1, -0.05) is 41.6 Å². The molecule has 0 saturated carbocycles. The van der Waals surface area contributed by atoms with Crippen molar-refractivity contribution in [2.24, 2.45) is 5.16 Å². The highest BCUT2D eigenvalue weighted by atomic mass is 16.4. The van der Waals surface area contributed by atoms with E-state index in [0.29, 0.717) is 33.5 Å². The van der Waals surface area contributed by atoms with Crippen molar-refractivity contribution >= 4 is 21.7 Å². The molecule has 1 N–H and O–H groups in total. The van der Waals surface area contributed by atoms with Gasteiger partial charge < -0.3 is 9.62 Å². The van der Waals surface area contributed by atoms with Crippen LogP contribution in [0, 0.1) is 11.3 Å². The number of hydrogen-bond acceptors (Lipinski definition) is 5. The molecular formula is C19H11N3O2. The Balaban J connectivity index is 2.05. The molecule has 24 heavy (non-hydrogen) atoms. The Labute approximate surface area is 136 Å². The first kappa shape index (κ1) is 14.0. The standard InChI is InChI=1S/C19H11N3O2/c20-11-17-13-6-2-1-5-12(13)9-16(21-17)19-10-15(22-23)14-7-3-4-8-18(14)24-19/h1-10,23H. The topological polar surface area (TPSA) is 82.4 Å². The number of hydrogen-bond donors (Lipinski definition) is 1. The van der Waals surface area contributed by atoms with E-state index in [1.165, 1.54) is 0 Å². The normalized spacial score (nSPS) is 11.7. The Morgan fingerprint density at radius 2 is 1.75 bits per heavy atom. The zero-order valence-corrected chi connectivity index (χ0v) is 12.5. The van der Waals surface area contributed by atoms with Gasteiger partial charge in [0.15, 0.2) is 5.76 Å². The highest BCUT2D eigenvalue weighted by molar-refractivity contribution is 5.89. The highest BCUT2D eigenvalue weighted by Crippen LogP contribution is 2.25. The van der Waals surface area contributed by atoms with Crippen molar-refractivity contribution in [2.75, 3.05) is 0 Å². The van der Waals surface area contributed by atoms with Crippen molar-refractivity contribution < 1.29 is 9.62 Å². The second-order valence-corrected chi connectivity index (χ2v) is 5.28. The number of rotatable bonds is 1. The maximum absolute atomic E-state index is 9.38. The molecule has 0 fully saturated rings. The Hall–Kier alpha value is -3.65. The fourth-order valence-electron chi connectivity index (χ4n) is 2.74. The smallest absolute Gasteiger partial charge is 0.155 e. The van der Waals surface area contributed by atoms with E-state index in [2.05, 4.69) is 16.2 Å². The van der Waals surface area contributed by atoms with E-state index in [1.54, 1.807) is 12.1 Å².